The molecular weight excluding hydrogens is 190 g/mol. The molecule has 3 atom stereocenters. The first-order chi connectivity index (χ1) is 7.04. The van der Waals surface area contributed by atoms with Crippen molar-refractivity contribution in [2.45, 2.75) is 45.3 Å². The fourth-order valence-electron chi connectivity index (χ4n) is 2.28. The average Bonchev–Trinajstić information content (AvgIpc) is 2.18. The highest BCUT2D eigenvalue weighted by atomic mass is 16.3. The van der Waals surface area contributed by atoms with Gasteiger partial charge in [-0.1, -0.05) is 13.8 Å². The third-order valence-electron chi connectivity index (χ3n) is 3.33. The highest BCUT2D eigenvalue weighted by molar-refractivity contribution is 5.77. The summed E-state index contributed by atoms with van der Waals surface area (Å²) in [7, 11) is 0. The van der Waals surface area contributed by atoms with Crippen LogP contribution >= 0.6 is 0 Å². The molecule has 0 aromatic rings. The van der Waals surface area contributed by atoms with E-state index in [0.717, 1.165) is 25.9 Å². The molecule has 0 spiro atoms. The first kappa shape index (κ1) is 12.5. The first-order valence-corrected chi connectivity index (χ1v) is 5.79. The standard InChI is InChI=1S/C11H23N3O/c1-3-9(6-11(12)13)14-5-4-10(15)8(2)7-14/h8-10,15H,3-7H2,1-2H3,(H3,12,13). The molecule has 0 aromatic carbocycles. The Labute approximate surface area is 92.0 Å². The number of nitrogens with one attached hydrogen (secondary N) is 1. The van der Waals surface area contributed by atoms with Crippen molar-refractivity contribution in [2.75, 3.05) is 13.1 Å². The lowest BCUT2D eigenvalue weighted by atomic mass is 9.94. The van der Waals surface area contributed by atoms with E-state index in [1.54, 1.807) is 0 Å². The smallest absolute Gasteiger partial charge is 0.0921 e. The van der Waals surface area contributed by atoms with Gasteiger partial charge in [0.05, 0.1) is 11.9 Å². The summed E-state index contributed by atoms with van der Waals surface area (Å²) in [6.07, 6.45) is 2.35. The number of likely N-dealkylation sites (tertiary alicyclic amines) is 1. The number of amidine groups is 1. The predicted molar refractivity (Wildman–Crippen MR) is 62.0 cm³/mol. The Balaban J connectivity index is 2.50. The maximum atomic E-state index is 9.64. The summed E-state index contributed by atoms with van der Waals surface area (Å²) in [5.74, 6) is 0.598. The molecule has 0 bridgehead atoms. The molecule has 0 amide bonds. The van der Waals surface area contributed by atoms with Gasteiger partial charge in [0.15, 0.2) is 0 Å². The number of aliphatic hydroxyl groups excluding tert-OH is 1. The van der Waals surface area contributed by atoms with Crippen LogP contribution in [0.5, 0.6) is 0 Å². The summed E-state index contributed by atoms with van der Waals surface area (Å²) in [5.41, 5.74) is 5.44. The molecule has 0 aromatic heterocycles. The predicted octanol–water partition coefficient (Wildman–Crippen LogP) is 0.794. The molecule has 15 heavy (non-hydrogen) atoms. The van der Waals surface area contributed by atoms with E-state index in [0.29, 0.717) is 18.4 Å². The summed E-state index contributed by atoms with van der Waals surface area (Å²) < 4.78 is 0. The Morgan fingerprint density at radius 2 is 2.33 bits per heavy atom. The summed E-state index contributed by atoms with van der Waals surface area (Å²) in [6.45, 7) is 6.06. The molecule has 0 aliphatic carbocycles. The highest BCUT2D eigenvalue weighted by Crippen LogP contribution is 2.21. The summed E-state index contributed by atoms with van der Waals surface area (Å²) in [6, 6.07) is 0.373. The molecule has 3 unspecified atom stereocenters. The zero-order valence-electron chi connectivity index (χ0n) is 9.74. The molecule has 88 valence electrons. The Morgan fingerprint density at radius 3 is 2.80 bits per heavy atom. The third kappa shape index (κ3) is 3.47. The van der Waals surface area contributed by atoms with Crippen molar-refractivity contribution < 1.29 is 5.11 Å². The molecule has 1 rings (SSSR count). The largest absolute Gasteiger partial charge is 0.393 e. The van der Waals surface area contributed by atoms with Crippen LogP contribution in [0.2, 0.25) is 0 Å². The van der Waals surface area contributed by atoms with Crippen molar-refractivity contribution in [1.29, 1.82) is 5.41 Å². The SMILES string of the molecule is CCC(CC(=N)N)N1CCC(O)C(C)C1. The second kappa shape index (κ2) is 5.47. The van der Waals surface area contributed by atoms with Gasteiger partial charge in [0, 0.05) is 25.6 Å². The topological polar surface area (TPSA) is 73.3 Å². The molecule has 1 heterocycles. The normalized spacial score (nSPS) is 30.1. The van der Waals surface area contributed by atoms with Crippen molar-refractivity contribution in [3.63, 3.8) is 0 Å². The van der Waals surface area contributed by atoms with E-state index in [-0.39, 0.29) is 11.9 Å². The van der Waals surface area contributed by atoms with Crippen LogP contribution in [0.25, 0.3) is 0 Å². The van der Waals surface area contributed by atoms with Gasteiger partial charge in [-0.2, -0.15) is 0 Å². The van der Waals surface area contributed by atoms with Crippen molar-refractivity contribution in [3.8, 4) is 0 Å². The average molecular weight is 213 g/mol. The van der Waals surface area contributed by atoms with Crippen molar-refractivity contribution in [1.82, 2.24) is 4.90 Å². The molecule has 0 radical (unpaired) electrons. The van der Waals surface area contributed by atoms with E-state index in [9.17, 15) is 5.11 Å². The summed E-state index contributed by atoms with van der Waals surface area (Å²) >= 11 is 0. The van der Waals surface area contributed by atoms with Gasteiger partial charge >= 0.3 is 0 Å². The van der Waals surface area contributed by atoms with Gasteiger partial charge in [0.25, 0.3) is 0 Å². The fraction of sp³-hybridized carbons (Fsp3) is 0.909. The van der Waals surface area contributed by atoms with Crippen LogP contribution < -0.4 is 5.73 Å². The summed E-state index contributed by atoms with van der Waals surface area (Å²) in [5, 5.41) is 17.0. The van der Waals surface area contributed by atoms with Gasteiger partial charge in [-0.05, 0) is 18.8 Å². The molecular formula is C11H23N3O. The van der Waals surface area contributed by atoms with Crippen LogP contribution in [0, 0.1) is 11.3 Å². The Hall–Kier alpha value is -0.610. The number of rotatable bonds is 4. The molecule has 0 saturated carbocycles. The molecule has 1 aliphatic heterocycles. The zero-order valence-corrected chi connectivity index (χ0v) is 9.74. The third-order valence-corrected chi connectivity index (χ3v) is 3.33. The quantitative estimate of drug-likeness (QED) is 0.477. The van der Waals surface area contributed by atoms with Crippen LogP contribution in [0.1, 0.15) is 33.1 Å². The number of hydrogen-bond donors (Lipinski definition) is 3. The lowest BCUT2D eigenvalue weighted by Gasteiger charge is -2.39. The lowest BCUT2D eigenvalue weighted by Crippen LogP contribution is -2.47. The van der Waals surface area contributed by atoms with E-state index in [1.165, 1.54) is 0 Å². The van der Waals surface area contributed by atoms with Crippen LogP contribution in [-0.4, -0.2) is 41.1 Å². The molecule has 1 aliphatic rings. The van der Waals surface area contributed by atoms with E-state index >= 15 is 0 Å². The van der Waals surface area contributed by atoms with Crippen molar-refractivity contribution in [2.24, 2.45) is 11.7 Å². The van der Waals surface area contributed by atoms with Gasteiger partial charge < -0.3 is 10.8 Å². The molecule has 4 N–H and O–H groups in total. The number of nitrogens with two attached hydrogens (primary N) is 1. The van der Waals surface area contributed by atoms with E-state index in [4.69, 9.17) is 11.1 Å². The van der Waals surface area contributed by atoms with E-state index in [1.807, 2.05) is 0 Å². The number of piperidine rings is 1. The minimum absolute atomic E-state index is 0.156. The number of nitrogens with zero attached hydrogens (tertiary/aromatic N) is 1. The Bertz CT molecular complexity index is 220. The van der Waals surface area contributed by atoms with E-state index in [2.05, 4.69) is 18.7 Å². The summed E-state index contributed by atoms with van der Waals surface area (Å²) in [4.78, 5) is 2.36. The fourth-order valence-corrected chi connectivity index (χ4v) is 2.28. The highest BCUT2D eigenvalue weighted by Gasteiger charge is 2.28. The zero-order chi connectivity index (χ0) is 11.4. The Morgan fingerprint density at radius 1 is 1.67 bits per heavy atom. The van der Waals surface area contributed by atoms with Crippen LogP contribution in [-0.2, 0) is 0 Å². The maximum Gasteiger partial charge on any atom is 0.0921 e. The van der Waals surface area contributed by atoms with Gasteiger partial charge in [0.1, 0.15) is 0 Å². The minimum Gasteiger partial charge on any atom is -0.393 e. The van der Waals surface area contributed by atoms with Crippen molar-refractivity contribution >= 4 is 5.84 Å². The van der Waals surface area contributed by atoms with Crippen LogP contribution in [0.15, 0.2) is 0 Å². The Kier molecular flexibility index (Phi) is 4.54. The number of hydrogen-bond acceptors (Lipinski definition) is 3. The second-order valence-corrected chi connectivity index (χ2v) is 4.62. The van der Waals surface area contributed by atoms with Crippen molar-refractivity contribution in [3.05, 3.63) is 0 Å². The number of aliphatic hydroxyl groups is 1. The molecule has 4 heteroatoms. The minimum atomic E-state index is -0.156. The molecule has 1 fully saturated rings. The van der Waals surface area contributed by atoms with Gasteiger partial charge in [0.2, 0.25) is 0 Å². The first-order valence-electron chi connectivity index (χ1n) is 5.79. The monoisotopic (exact) mass is 213 g/mol. The maximum absolute atomic E-state index is 9.64. The van der Waals surface area contributed by atoms with Crippen LogP contribution in [0.4, 0.5) is 0 Å². The lowest BCUT2D eigenvalue weighted by molar-refractivity contribution is 0.0175. The van der Waals surface area contributed by atoms with E-state index < -0.39 is 0 Å². The second-order valence-electron chi connectivity index (χ2n) is 4.62. The van der Waals surface area contributed by atoms with Gasteiger partial charge in [-0.25, -0.2) is 0 Å². The molecule has 1 saturated heterocycles. The molecule has 4 nitrogen and oxygen atoms in total. The van der Waals surface area contributed by atoms with Gasteiger partial charge in [-0.3, -0.25) is 10.3 Å². The van der Waals surface area contributed by atoms with Crippen LogP contribution in [0.3, 0.4) is 0 Å². The van der Waals surface area contributed by atoms with Gasteiger partial charge in [-0.15, -0.1) is 0 Å².